The molecule has 0 amide bonds. The number of anilines is 1. The quantitative estimate of drug-likeness (QED) is 0.350. The summed E-state index contributed by atoms with van der Waals surface area (Å²) in [4.78, 5) is 14.5. The fourth-order valence-electron chi connectivity index (χ4n) is 4.19. The van der Waals surface area contributed by atoms with E-state index in [-0.39, 0.29) is 6.73 Å². The van der Waals surface area contributed by atoms with E-state index in [1.165, 1.54) is 6.07 Å². The van der Waals surface area contributed by atoms with Crippen LogP contribution in [-0.4, -0.2) is 28.1 Å². The third kappa shape index (κ3) is 3.78. The minimum absolute atomic E-state index is 0.278. The maximum absolute atomic E-state index is 12.6. The summed E-state index contributed by atoms with van der Waals surface area (Å²) in [5, 5.41) is 1.27. The van der Waals surface area contributed by atoms with Gasteiger partial charge in [0.05, 0.1) is 44.1 Å². The van der Waals surface area contributed by atoms with Crippen LogP contribution in [-0.2, 0) is 6.54 Å². The number of fused-ring (bicyclic) bond motifs is 3. The highest BCUT2D eigenvalue weighted by Gasteiger charge is 2.25. The molecule has 0 fully saturated rings. The second-order valence-corrected chi connectivity index (χ2v) is 8.16. The fraction of sp³-hybridized carbons (Fsp3) is 0.192. The van der Waals surface area contributed by atoms with Crippen molar-refractivity contribution >= 4 is 28.3 Å². The first-order valence-corrected chi connectivity index (χ1v) is 10.9. The first-order valence-electron chi connectivity index (χ1n) is 10.6. The molecule has 0 radical (unpaired) electrons. The Kier molecular flexibility index (Phi) is 5.71. The van der Waals surface area contributed by atoms with E-state index in [1.807, 2.05) is 41.3 Å². The Morgan fingerprint density at radius 3 is 2.38 bits per heavy atom. The Morgan fingerprint density at radius 1 is 0.912 bits per heavy atom. The van der Waals surface area contributed by atoms with Crippen molar-refractivity contribution in [2.45, 2.75) is 6.54 Å². The van der Waals surface area contributed by atoms with Crippen molar-refractivity contribution in [3.05, 3.63) is 75.6 Å². The summed E-state index contributed by atoms with van der Waals surface area (Å²) >= 11 is 6.39. The average molecular weight is 480 g/mol. The molecule has 0 bridgehead atoms. The molecular formula is C26H22ClNO6. The van der Waals surface area contributed by atoms with Gasteiger partial charge in [0.1, 0.15) is 28.6 Å². The highest BCUT2D eigenvalue weighted by atomic mass is 35.5. The summed E-state index contributed by atoms with van der Waals surface area (Å²) in [7, 11) is 4.75. The molecule has 0 spiro atoms. The molecule has 0 atom stereocenters. The Bertz CT molecular complexity index is 1430. The Hall–Kier alpha value is -3.84. The molecule has 0 unspecified atom stereocenters. The van der Waals surface area contributed by atoms with E-state index in [4.69, 9.17) is 35.0 Å². The van der Waals surface area contributed by atoms with E-state index >= 15 is 0 Å². The summed E-state index contributed by atoms with van der Waals surface area (Å²) < 4.78 is 27.9. The van der Waals surface area contributed by atoms with Gasteiger partial charge in [-0.2, -0.15) is 0 Å². The van der Waals surface area contributed by atoms with Crippen LogP contribution < -0.4 is 29.5 Å². The minimum atomic E-state index is -0.436. The zero-order valence-electron chi connectivity index (χ0n) is 18.9. The molecule has 5 rings (SSSR count). The zero-order valence-corrected chi connectivity index (χ0v) is 19.6. The monoisotopic (exact) mass is 479 g/mol. The number of methoxy groups -OCH3 is 3. The molecule has 1 aliphatic rings. The third-order valence-corrected chi connectivity index (χ3v) is 6.19. The van der Waals surface area contributed by atoms with Gasteiger partial charge < -0.3 is 28.3 Å². The first-order chi connectivity index (χ1) is 16.5. The van der Waals surface area contributed by atoms with Crippen LogP contribution in [0.15, 0.2) is 63.8 Å². The lowest BCUT2D eigenvalue weighted by Gasteiger charge is -2.32. The Labute approximate surface area is 201 Å². The summed E-state index contributed by atoms with van der Waals surface area (Å²) in [6.07, 6.45) is 0. The number of rotatable bonds is 5. The molecule has 0 saturated carbocycles. The topological polar surface area (TPSA) is 70.4 Å². The van der Waals surface area contributed by atoms with Gasteiger partial charge in [-0.3, -0.25) is 0 Å². The Balaban J connectivity index is 1.62. The first kappa shape index (κ1) is 22.0. The lowest BCUT2D eigenvalue weighted by Crippen LogP contribution is -2.32. The van der Waals surface area contributed by atoms with Crippen molar-refractivity contribution in [2.24, 2.45) is 0 Å². The van der Waals surface area contributed by atoms with Gasteiger partial charge in [-0.15, -0.1) is 0 Å². The van der Waals surface area contributed by atoms with Gasteiger partial charge in [0.25, 0.3) is 0 Å². The van der Waals surface area contributed by atoms with E-state index in [9.17, 15) is 4.79 Å². The second-order valence-electron chi connectivity index (χ2n) is 7.76. The zero-order chi connectivity index (χ0) is 23.8. The molecular weight excluding hydrogens is 458 g/mol. The molecule has 174 valence electrons. The van der Waals surface area contributed by atoms with Crippen molar-refractivity contribution < 1.29 is 23.4 Å². The summed E-state index contributed by atoms with van der Waals surface area (Å²) in [6, 6.07) is 16.4. The molecule has 0 aliphatic carbocycles. The van der Waals surface area contributed by atoms with Gasteiger partial charge in [0.2, 0.25) is 0 Å². The van der Waals surface area contributed by atoms with Crippen molar-refractivity contribution in [1.82, 2.24) is 0 Å². The third-order valence-electron chi connectivity index (χ3n) is 5.89. The van der Waals surface area contributed by atoms with Crippen LogP contribution in [0.3, 0.4) is 0 Å². The van der Waals surface area contributed by atoms with Crippen LogP contribution in [0.2, 0.25) is 5.02 Å². The lowest BCUT2D eigenvalue weighted by atomic mass is 9.99. The maximum atomic E-state index is 12.6. The predicted octanol–water partition coefficient (Wildman–Crippen LogP) is 5.50. The normalized spacial score (nSPS) is 12.8. The van der Waals surface area contributed by atoms with Gasteiger partial charge in [-0.05, 0) is 41.5 Å². The molecule has 2 heterocycles. The molecule has 4 aromatic rings. The van der Waals surface area contributed by atoms with Crippen LogP contribution in [0.4, 0.5) is 5.69 Å². The van der Waals surface area contributed by atoms with Crippen LogP contribution in [0, 0.1) is 0 Å². The highest BCUT2D eigenvalue weighted by Crippen LogP contribution is 2.42. The molecule has 7 nitrogen and oxygen atoms in total. The van der Waals surface area contributed by atoms with E-state index in [1.54, 1.807) is 33.5 Å². The van der Waals surface area contributed by atoms with Gasteiger partial charge in [-0.25, -0.2) is 4.79 Å². The molecule has 8 heteroatoms. The fourth-order valence-corrected chi connectivity index (χ4v) is 4.42. The SMILES string of the molecule is COc1ccc(-c2cc(=O)oc3c4c(ccc23)OCN(c2cc(Cl)c(OC)cc2OC)C4)cc1. The highest BCUT2D eigenvalue weighted by molar-refractivity contribution is 6.32. The molecule has 3 aromatic carbocycles. The minimum Gasteiger partial charge on any atom is -0.497 e. The number of ether oxygens (including phenoxy) is 4. The van der Waals surface area contributed by atoms with Crippen LogP contribution in [0.1, 0.15) is 5.56 Å². The Morgan fingerprint density at radius 2 is 1.68 bits per heavy atom. The largest absolute Gasteiger partial charge is 0.497 e. The van der Waals surface area contributed by atoms with E-state index in [0.29, 0.717) is 34.4 Å². The number of hydrogen-bond acceptors (Lipinski definition) is 7. The maximum Gasteiger partial charge on any atom is 0.336 e. The molecule has 0 N–H and O–H groups in total. The molecule has 34 heavy (non-hydrogen) atoms. The number of benzene rings is 3. The van der Waals surface area contributed by atoms with Gasteiger partial charge in [0, 0.05) is 17.5 Å². The smallest absolute Gasteiger partial charge is 0.336 e. The number of nitrogens with zero attached hydrogens (tertiary/aromatic N) is 1. The molecule has 0 saturated heterocycles. The van der Waals surface area contributed by atoms with E-state index in [2.05, 4.69) is 0 Å². The molecule has 1 aliphatic heterocycles. The molecule has 1 aromatic heterocycles. The summed E-state index contributed by atoms with van der Waals surface area (Å²) in [5.74, 6) is 2.51. The predicted molar refractivity (Wildman–Crippen MR) is 131 cm³/mol. The summed E-state index contributed by atoms with van der Waals surface area (Å²) in [5.41, 5.74) is 3.22. The van der Waals surface area contributed by atoms with Gasteiger partial charge in [-0.1, -0.05) is 23.7 Å². The van der Waals surface area contributed by atoms with Gasteiger partial charge in [0.15, 0.2) is 6.73 Å². The van der Waals surface area contributed by atoms with Crippen LogP contribution >= 0.6 is 11.6 Å². The van der Waals surface area contributed by atoms with Crippen molar-refractivity contribution in [3.63, 3.8) is 0 Å². The number of halogens is 1. The van der Waals surface area contributed by atoms with E-state index < -0.39 is 5.63 Å². The second kappa shape index (κ2) is 8.83. The average Bonchev–Trinajstić information content (AvgIpc) is 2.87. The number of hydrogen-bond donors (Lipinski definition) is 0. The standard InChI is InChI=1S/C26H22ClNO6/c1-30-16-6-4-15(5-7-16)18-10-25(29)34-26-17(18)8-9-22-19(26)13-28(14-33-22)21-11-20(27)23(31-2)12-24(21)32-3/h4-12H,13-14H2,1-3H3. The van der Waals surface area contributed by atoms with Crippen molar-refractivity contribution in [3.8, 4) is 34.1 Å². The lowest BCUT2D eigenvalue weighted by molar-refractivity contribution is 0.286. The van der Waals surface area contributed by atoms with Gasteiger partial charge >= 0.3 is 5.63 Å². The van der Waals surface area contributed by atoms with E-state index in [0.717, 1.165) is 33.5 Å². The van der Waals surface area contributed by atoms with Crippen LogP contribution in [0.5, 0.6) is 23.0 Å². The summed E-state index contributed by atoms with van der Waals surface area (Å²) in [6.45, 7) is 0.709. The van der Waals surface area contributed by atoms with Crippen molar-refractivity contribution in [2.75, 3.05) is 33.0 Å². The van der Waals surface area contributed by atoms with Crippen molar-refractivity contribution in [1.29, 1.82) is 0 Å². The van der Waals surface area contributed by atoms with Crippen LogP contribution in [0.25, 0.3) is 22.1 Å².